The van der Waals surface area contributed by atoms with Gasteiger partial charge in [0.15, 0.2) is 0 Å². The van der Waals surface area contributed by atoms with Crippen LogP contribution in [0.1, 0.15) is 31.4 Å². The number of hydrogen-bond acceptors (Lipinski definition) is 5. The average molecular weight is 323 g/mol. The van der Waals surface area contributed by atoms with E-state index in [1.807, 2.05) is 30.7 Å². The van der Waals surface area contributed by atoms with Crippen LogP contribution < -0.4 is 4.90 Å². The third-order valence-electron chi connectivity index (χ3n) is 5.52. The summed E-state index contributed by atoms with van der Waals surface area (Å²) in [6.45, 7) is 5.50. The van der Waals surface area contributed by atoms with Crippen molar-refractivity contribution in [1.82, 2.24) is 19.9 Å². The number of nitrogens with zero attached hydrogens (tertiary/aromatic N) is 5. The van der Waals surface area contributed by atoms with E-state index in [1.165, 1.54) is 44.5 Å². The van der Waals surface area contributed by atoms with Crippen LogP contribution in [0.25, 0.3) is 0 Å². The zero-order valence-electron chi connectivity index (χ0n) is 14.1. The molecule has 1 spiro atoms. The second-order valence-corrected chi connectivity index (χ2v) is 7.17. The number of aromatic nitrogens is 3. The number of rotatable bonds is 3. The number of likely N-dealkylation sites (tertiary alicyclic amines) is 1. The van der Waals surface area contributed by atoms with Crippen LogP contribution in [0, 0.1) is 5.41 Å². The molecular formula is C19H25N5. The van der Waals surface area contributed by atoms with Crippen molar-refractivity contribution < 1.29 is 0 Å². The molecule has 5 nitrogen and oxygen atoms in total. The molecule has 2 aliphatic rings. The Morgan fingerprint density at radius 1 is 0.875 bits per heavy atom. The SMILES string of the molecule is c1ccc(CN2CCC3(CCCN(c4ncccn4)C3)CC2)nc1. The molecule has 126 valence electrons. The zero-order chi connectivity index (χ0) is 16.2. The first kappa shape index (κ1) is 15.5. The van der Waals surface area contributed by atoms with E-state index in [4.69, 9.17) is 0 Å². The first-order chi connectivity index (χ1) is 11.8. The van der Waals surface area contributed by atoms with E-state index >= 15 is 0 Å². The van der Waals surface area contributed by atoms with E-state index in [0.717, 1.165) is 25.6 Å². The van der Waals surface area contributed by atoms with E-state index in [-0.39, 0.29) is 0 Å². The number of hydrogen-bond donors (Lipinski definition) is 0. The van der Waals surface area contributed by atoms with E-state index in [1.54, 1.807) is 0 Å². The van der Waals surface area contributed by atoms with Gasteiger partial charge in [-0.2, -0.15) is 0 Å². The number of piperidine rings is 2. The summed E-state index contributed by atoms with van der Waals surface area (Å²) < 4.78 is 0. The third kappa shape index (κ3) is 3.41. The second-order valence-electron chi connectivity index (χ2n) is 7.17. The van der Waals surface area contributed by atoms with Gasteiger partial charge in [0.05, 0.1) is 5.69 Å². The van der Waals surface area contributed by atoms with Crippen molar-refractivity contribution in [1.29, 1.82) is 0 Å². The lowest BCUT2D eigenvalue weighted by molar-refractivity contribution is 0.0826. The number of pyridine rings is 1. The van der Waals surface area contributed by atoms with Crippen LogP contribution in [0.2, 0.25) is 0 Å². The van der Waals surface area contributed by atoms with E-state index in [0.29, 0.717) is 5.41 Å². The normalized spacial score (nSPS) is 21.1. The average Bonchev–Trinajstić information content (AvgIpc) is 2.66. The van der Waals surface area contributed by atoms with Gasteiger partial charge >= 0.3 is 0 Å². The van der Waals surface area contributed by atoms with E-state index in [9.17, 15) is 0 Å². The lowest BCUT2D eigenvalue weighted by Crippen LogP contribution is -2.49. The molecule has 2 aromatic heterocycles. The summed E-state index contributed by atoms with van der Waals surface area (Å²) in [5.41, 5.74) is 1.62. The van der Waals surface area contributed by atoms with Gasteiger partial charge in [0, 0.05) is 38.2 Å². The maximum Gasteiger partial charge on any atom is 0.225 e. The topological polar surface area (TPSA) is 45.2 Å². The molecule has 2 fully saturated rings. The van der Waals surface area contributed by atoms with Gasteiger partial charge in [0.25, 0.3) is 0 Å². The standard InChI is InChI=1S/C19H25N5/c1-2-9-20-17(5-1)15-23-13-7-19(8-14-23)6-3-12-24(16-19)18-21-10-4-11-22-18/h1-2,4-5,9-11H,3,6-8,12-16H2. The van der Waals surface area contributed by atoms with Crippen LogP contribution in [0.5, 0.6) is 0 Å². The maximum atomic E-state index is 4.46. The highest BCUT2D eigenvalue weighted by molar-refractivity contribution is 5.30. The fraction of sp³-hybridized carbons (Fsp3) is 0.526. The Bertz CT molecular complexity index is 637. The van der Waals surface area contributed by atoms with Gasteiger partial charge in [-0.05, 0) is 62.4 Å². The summed E-state index contributed by atoms with van der Waals surface area (Å²) in [5.74, 6) is 0.896. The highest BCUT2D eigenvalue weighted by Gasteiger charge is 2.38. The van der Waals surface area contributed by atoms with Crippen LogP contribution in [0.15, 0.2) is 42.9 Å². The zero-order valence-corrected chi connectivity index (χ0v) is 14.1. The molecular weight excluding hydrogens is 298 g/mol. The second kappa shape index (κ2) is 6.85. The summed E-state index contributed by atoms with van der Waals surface area (Å²) in [6, 6.07) is 8.07. The molecule has 2 aliphatic heterocycles. The van der Waals surface area contributed by atoms with Crippen molar-refractivity contribution in [3.63, 3.8) is 0 Å². The highest BCUT2D eigenvalue weighted by Crippen LogP contribution is 2.40. The molecule has 2 aromatic rings. The van der Waals surface area contributed by atoms with Crippen molar-refractivity contribution in [2.24, 2.45) is 5.41 Å². The Hall–Kier alpha value is -2.01. The molecule has 2 saturated heterocycles. The summed E-state index contributed by atoms with van der Waals surface area (Å²) in [7, 11) is 0. The minimum absolute atomic E-state index is 0.443. The largest absolute Gasteiger partial charge is 0.340 e. The maximum absolute atomic E-state index is 4.46. The molecule has 0 saturated carbocycles. The smallest absolute Gasteiger partial charge is 0.225 e. The lowest BCUT2D eigenvalue weighted by Gasteiger charge is -2.47. The molecule has 4 rings (SSSR count). The van der Waals surface area contributed by atoms with E-state index < -0.39 is 0 Å². The van der Waals surface area contributed by atoms with Crippen molar-refractivity contribution in [2.45, 2.75) is 32.2 Å². The fourth-order valence-corrected chi connectivity index (χ4v) is 4.15. The summed E-state index contributed by atoms with van der Waals surface area (Å²) >= 11 is 0. The predicted molar refractivity (Wildman–Crippen MR) is 94.7 cm³/mol. The van der Waals surface area contributed by atoms with Crippen molar-refractivity contribution in [2.75, 3.05) is 31.1 Å². The molecule has 0 aromatic carbocycles. The van der Waals surface area contributed by atoms with Crippen LogP contribution in [0.4, 0.5) is 5.95 Å². The minimum atomic E-state index is 0.443. The monoisotopic (exact) mass is 323 g/mol. The Morgan fingerprint density at radius 2 is 1.67 bits per heavy atom. The Kier molecular flexibility index (Phi) is 4.43. The first-order valence-corrected chi connectivity index (χ1v) is 8.97. The van der Waals surface area contributed by atoms with Crippen LogP contribution in [-0.4, -0.2) is 46.0 Å². The highest BCUT2D eigenvalue weighted by atomic mass is 15.3. The van der Waals surface area contributed by atoms with Crippen molar-refractivity contribution in [3.8, 4) is 0 Å². The third-order valence-corrected chi connectivity index (χ3v) is 5.52. The van der Waals surface area contributed by atoms with Gasteiger partial charge in [-0.15, -0.1) is 0 Å². The van der Waals surface area contributed by atoms with Gasteiger partial charge in [-0.3, -0.25) is 9.88 Å². The summed E-state index contributed by atoms with van der Waals surface area (Å²) in [5, 5.41) is 0. The van der Waals surface area contributed by atoms with Gasteiger partial charge in [-0.25, -0.2) is 9.97 Å². The molecule has 24 heavy (non-hydrogen) atoms. The molecule has 0 atom stereocenters. The summed E-state index contributed by atoms with van der Waals surface area (Å²) in [6.07, 6.45) is 10.7. The van der Waals surface area contributed by atoms with Crippen LogP contribution in [0.3, 0.4) is 0 Å². The van der Waals surface area contributed by atoms with E-state index in [2.05, 4.69) is 36.9 Å². The summed E-state index contributed by atoms with van der Waals surface area (Å²) in [4.78, 5) is 18.3. The van der Waals surface area contributed by atoms with Crippen LogP contribution >= 0.6 is 0 Å². The predicted octanol–water partition coefficient (Wildman–Crippen LogP) is 2.75. The minimum Gasteiger partial charge on any atom is -0.340 e. The molecule has 5 heteroatoms. The molecule has 4 heterocycles. The molecule has 0 radical (unpaired) electrons. The first-order valence-electron chi connectivity index (χ1n) is 8.97. The molecule has 0 unspecified atom stereocenters. The van der Waals surface area contributed by atoms with Gasteiger partial charge in [0.1, 0.15) is 0 Å². The molecule has 0 aliphatic carbocycles. The molecule has 0 bridgehead atoms. The van der Waals surface area contributed by atoms with Gasteiger partial charge in [0.2, 0.25) is 5.95 Å². The molecule has 0 amide bonds. The van der Waals surface area contributed by atoms with Gasteiger partial charge < -0.3 is 4.90 Å². The Labute approximate surface area is 143 Å². The lowest BCUT2D eigenvalue weighted by atomic mass is 9.72. The van der Waals surface area contributed by atoms with Crippen molar-refractivity contribution >= 4 is 5.95 Å². The quantitative estimate of drug-likeness (QED) is 0.869. The van der Waals surface area contributed by atoms with Crippen molar-refractivity contribution in [3.05, 3.63) is 48.5 Å². The number of anilines is 1. The van der Waals surface area contributed by atoms with Gasteiger partial charge in [-0.1, -0.05) is 6.07 Å². The molecule has 0 N–H and O–H groups in total. The fourth-order valence-electron chi connectivity index (χ4n) is 4.15. The Balaban J connectivity index is 1.37. The Morgan fingerprint density at radius 3 is 2.42 bits per heavy atom. The van der Waals surface area contributed by atoms with Crippen LogP contribution in [-0.2, 0) is 6.54 Å².